The summed E-state index contributed by atoms with van der Waals surface area (Å²) < 4.78 is 13.9. The van der Waals surface area contributed by atoms with Gasteiger partial charge in [-0.15, -0.1) is 0 Å². The summed E-state index contributed by atoms with van der Waals surface area (Å²) in [5, 5.41) is 6.48. The molecule has 4 fully saturated rings. The Morgan fingerprint density at radius 3 is 1.38 bits per heavy atom. The average molecular weight is 709 g/mol. The number of piperazine rings is 2. The third-order valence-electron chi connectivity index (χ3n) is 11.0. The van der Waals surface area contributed by atoms with Crippen LogP contribution in [0.2, 0.25) is 0 Å². The molecular formula is C38H48N10O4. The molecule has 4 aliphatic heterocycles. The van der Waals surface area contributed by atoms with Crippen molar-refractivity contribution in [3.05, 3.63) is 81.9 Å². The highest BCUT2D eigenvalue weighted by atomic mass is 16.5. The van der Waals surface area contributed by atoms with Gasteiger partial charge in [-0.2, -0.15) is 0 Å². The van der Waals surface area contributed by atoms with E-state index in [1.807, 2.05) is 24.5 Å². The van der Waals surface area contributed by atoms with E-state index >= 15 is 0 Å². The van der Waals surface area contributed by atoms with E-state index in [-0.39, 0.29) is 11.1 Å². The second-order valence-electron chi connectivity index (χ2n) is 14.6. The second kappa shape index (κ2) is 14.3. The van der Waals surface area contributed by atoms with Crippen LogP contribution in [0.25, 0.3) is 11.1 Å². The minimum Gasteiger partial charge on any atom is -0.378 e. The van der Waals surface area contributed by atoms with Crippen molar-refractivity contribution in [2.45, 2.75) is 38.0 Å². The zero-order chi connectivity index (χ0) is 35.9. The van der Waals surface area contributed by atoms with Gasteiger partial charge in [-0.1, -0.05) is 0 Å². The molecule has 52 heavy (non-hydrogen) atoms. The van der Waals surface area contributed by atoms with Crippen molar-refractivity contribution in [2.75, 3.05) is 86.1 Å². The van der Waals surface area contributed by atoms with E-state index in [2.05, 4.69) is 66.2 Å². The normalized spacial score (nSPS) is 21.8. The van der Waals surface area contributed by atoms with E-state index < -0.39 is 0 Å². The van der Waals surface area contributed by atoms with Gasteiger partial charge in [0, 0.05) is 89.0 Å². The van der Waals surface area contributed by atoms with Crippen LogP contribution in [0.1, 0.15) is 13.8 Å². The zero-order valence-corrected chi connectivity index (χ0v) is 30.4. The Morgan fingerprint density at radius 1 is 0.635 bits per heavy atom. The molecule has 4 aromatic rings. The molecule has 0 unspecified atom stereocenters. The van der Waals surface area contributed by atoms with Crippen LogP contribution in [0.15, 0.2) is 70.8 Å². The number of aryl methyl sites for hydroxylation is 2. The molecule has 0 aliphatic carbocycles. The number of hydrogen-bond donors (Lipinski definition) is 2. The number of hydrogen-bond acceptors (Lipinski definition) is 12. The second-order valence-corrected chi connectivity index (χ2v) is 14.6. The predicted octanol–water partition coefficient (Wildman–Crippen LogP) is 2.85. The first-order chi connectivity index (χ1) is 25.2. The van der Waals surface area contributed by atoms with E-state index in [0.29, 0.717) is 47.2 Å². The molecule has 8 rings (SSSR count). The molecule has 4 aliphatic rings. The van der Waals surface area contributed by atoms with Gasteiger partial charge in [-0.25, -0.2) is 9.97 Å². The number of rotatable bonds is 9. The van der Waals surface area contributed by atoms with Crippen molar-refractivity contribution in [2.24, 2.45) is 14.1 Å². The molecule has 0 bridgehead atoms. The summed E-state index contributed by atoms with van der Waals surface area (Å²) in [7, 11) is 3.44. The minimum atomic E-state index is -0.181. The summed E-state index contributed by atoms with van der Waals surface area (Å²) in [5.74, 6) is 1.16. The highest BCUT2D eigenvalue weighted by molar-refractivity contribution is 5.72. The summed E-state index contributed by atoms with van der Waals surface area (Å²) in [6.45, 7) is 13.7. The van der Waals surface area contributed by atoms with E-state index in [1.54, 1.807) is 47.8 Å². The minimum absolute atomic E-state index is 0.181. The number of ether oxygens (including phenoxy) is 2. The fraction of sp³-hybridized carbons (Fsp3) is 0.474. The maximum Gasteiger partial charge on any atom is 0.274 e. The molecule has 4 aromatic heterocycles. The Bertz CT molecular complexity index is 1860. The van der Waals surface area contributed by atoms with Gasteiger partial charge in [0.15, 0.2) is 0 Å². The number of aromatic nitrogens is 4. The van der Waals surface area contributed by atoms with Crippen LogP contribution in [-0.4, -0.2) is 119 Å². The SMILES string of the molecule is C[C@H]1CN(C2COC2)CCN1c1ccc(Nc2cc(-c3cc(Nc4ccc(N5CCN(C6COC6)C[C@@H]5C)cn4)c(=O)n(C)c3)cn(C)c2=O)nc1. The van der Waals surface area contributed by atoms with Gasteiger partial charge >= 0.3 is 0 Å². The molecule has 2 atom stereocenters. The lowest BCUT2D eigenvalue weighted by Gasteiger charge is -2.46. The van der Waals surface area contributed by atoms with Gasteiger partial charge in [0.05, 0.1) is 62.3 Å². The van der Waals surface area contributed by atoms with Crippen LogP contribution in [0.5, 0.6) is 0 Å². The topological polar surface area (TPSA) is 125 Å². The monoisotopic (exact) mass is 708 g/mol. The maximum atomic E-state index is 13.2. The molecule has 2 N–H and O–H groups in total. The number of nitrogens with zero attached hydrogens (tertiary/aromatic N) is 8. The Labute approximate surface area is 303 Å². The zero-order valence-electron chi connectivity index (χ0n) is 30.4. The summed E-state index contributed by atoms with van der Waals surface area (Å²) in [6, 6.07) is 13.4. The Morgan fingerprint density at radius 2 is 1.06 bits per heavy atom. The van der Waals surface area contributed by atoms with Crippen molar-refractivity contribution < 1.29 is 9.47 Å². The van der Waals surface area contributed by atoms with Gasteiger partial charge < -0.3 is 39.0 Å². The Balaban J connectivity index is 0.957. The maximum absolute atomic E-state index is 13.2. The van der Waals surface area contributed by atoms with E-state index in [4.69, 9.17) is 9.47 Å². The van der Waals surface area contributed by atoms with Gasteiger partial charge in [-0.3, -0.25) is 19.4 Å². The molecule has 0 spiro atoms. The van der Waals surface area contributed by atoms with Crippen LogP contribution in [-0.2, 0) is 23.6 Å². The number of pyridine rings is 4. The van der Waals surface area contributed by atoms with Crippen LogP contribution in [0.4, 0.5) is 34.4 Å². The largest absolute Gasteiger partial charge is 0.378 e. The quantitative estimate of drug-likeness (QED) is 0.266. The van der Waals surface area contributed by atoms with Gasteiger partial charge in [0.2, 0.25) is 0 Å². The van der Waals surface area contributed by atoms with Crippen molar-refractivity contribution in [1.82, 2.24) is 28.9 Å². The van der Waals surface area contributed by atoms with Crippen molar-refractivity contribution in [1.29, 1.82) is 0 Å². The van der Waals surface area contributed by atoms with E-state index in [1.165, 1.54) is 0 Å². The first-order valence-electron chi connectivity index (χ1n) is 18.2. The average Bonchev–Trinajstić information content (AvgIpc) is 3.08. The van der Waals surface area contributed by atoms with Crippen LogP contribution in [0.3, 0.4) is 0 Å². The fourth-order valence-corrected chi connectivity index (χ4v) is 7.72. The standard InChI is InChI=1S/C38H48N10O4/c1-25-17-45(31-21-51-22-31)9-11-47(25)29-5-7-35(39-15-29)41-33-13-27(19-43(3)37(33)49)28-14-34(38(50)44(4)20-28)42-36-8-6-30(16-40-36)48-12-10-46(18-26(48)2)32-23-52-24-32/h5-8,13-16,19-20,25-26,31-32H,9-12,17-18,21-24H2,1-4H3,(H,39,41)(H,40,42)/t25-,26-/m0/s1. The van der Waals surface area contributed by atoms with Gasteiger partial charge in [0.1, 0.15) is 23.0 Å². The molecule has 274 valence electrons. The van der Waals surface area contributed by atoms with Crippen LogP contribution < -0.4 is 31.6 Å². The molecule has 0 saturated carbocycles. The third kappa shape index (κ3) is 6.90. The third-order valence-corrected chi connectivity index (χ3v) is 11.0. The fourth-order valence-electron chi connectivity index (χ4n) is 7.72. The van der Waals surface area contributed by atoms with Crippen molar-refractivity contribution >= 4 is 34.4 Å². The summed E-state index contributed by atoms with van der Waals surface area (Å²) in [5.41, 5.74) is 4.08. The number of anilines is 6. The van der Waals surface area contributed by atoms with Crippen LogP contribution >= 0.6 is 0 Å². The van der Waals surface area contributed by atoms with Gasteiger partial charge in [-0.05, 0) is 50.2 Å². The van der Waals surface area contributed by atoms with E-state index in [0.717, 1.165) is 88.2 Å². The summed E-state index contributed by atoms with van der Waals surface area (Å²) in [6.07, 6.45) is 7.29. The lowest BCUT2D eigenvalue weighted by molar-refractivity contribution is -0.0691. The molecule has 8 heterocycles. The molecule has 4 saturated heterocycles. The molecule has 0 aromatic carbocycles. The lowest BCUT2D eigenvalue weighted by Crippen LogP contribution is -2.59. The smallest absolute Gasteiger partial charge is 0.274 e. The molecule has 0 radical (unpaired) electrons. The molecule has 0 amide bonds. The first-order valence-corrected chi connectivity index (χ1v) is 18.2. The van der Waals surface area contributed by atoms with Crippen LogP contribution in [0, 0.1) is 0 Å². The van der Waals surface area contributed by atoms with Crippen molar-refractivity contribution in [3.8, 4) is 11.1 Å². The highest BCUT2D eigenvalue weighted by Gasteiger charge is 2.33. The molecular weight excluding hydrogens is 660 g/mol. The highest BCUT2D eigenvalue weighted by Crippen LogP contribution is 2.28. The molecule has 14 heteroatoms. The first kappa shape index (κ1) is 34.3. The molecule has 14 nitrogen and oxygen atoms in total. The summed E-state index contributed by atoms with van der Waals surface area (Å²) >= 11 is 0. The van der Waals surface area contributed by atoms with E-state index in [9.17, 15) is 9.59 Å². The van der Waals surface area contributed by atoms with Crippen molar-refractivity contribution in [3.63, 3.8) is 0 Å². The lowest BCUT2D eigenvalue weighted by atomic mass is 10.1. The van der Waals surface area contributed by atoms with Gasteiger partial charge in [0.25, 0.3) is 11.1 Å². The Kier molecular flexibility index (Phi) is 9.47. The predicted molar refractivity (Wildman–Crippen MR) is 203 cm³/mol. The summed E-state index contributed by atoms with van der Waals surface area (Å²) in [4.78, 5) is 45.7. The number of nitrogens with one attached hydrogen (secondary N) is 2. The Hall–Kier alpha value is -4.76.